The zero-order valence-corrected chi connectivity index (χ0v) is 6.02. The van der Waals surface area contributed by atoms with Gasteiger partial charge in [-0.1, -0.05) is 0 Å². The highest BCUT2D eigenvalue weighted by Gasteiger charge is 2.02. The number of allylic oxidation sites excluding steroid dienone is 1. The van der Waals surface area contributed by atoms with Gasteiger partial charge in [0.05, 0.1) is 7.05 Å². The molecule has 54 valence electrons. The monoisotopic (exact) mass is 146 g/mol. The van der Waals surface area contributed by atoms with E-state index in [1.807, 2.05) is 7.05 Å². The van der Waals surface area contributed by atoms with Gasteiger partial charge in [-0.25, -0.2) is 10.4 Å². The van der Waals surface area contributed by atoms with Gasteiger partial charge in [0, 0.05) is 0 Å². The summed E-state index contributed by atoms with van der Waals surface area (Å²) in [5.41, 5.74) is 0.0746. The Balaban J connectivity index is 3.14. The third kappa shape index (κ3) is 1.34. The molecule has 0 saturated carbocycles. The Kier molecular flexibility index (Phi) is 1.86. The maximum Gasteiger partial charge on any atom is 0.249 e. The van der Waals surface area contributed by atoms with E-state index in [-0.39, 0.29) is 5.70 Å². The highest BCUT2D eigenvalue weighted by atomic mass is 15.1. The predicted octanol–water partition coefficient (Wildman–Crippen LogP) is -0.0838. The fourth-order valence-corrected chi connectivity index (χ4v) is 0.723. The standard InChI is InChI=1S/C7H6N4/c1-10-2-3-11(6-10)7(4-8)5-9/h2-3,6H,1H3. The number of aromatic nitrogens is 2. The molecule has 0 aliphatic rings. The Morgan fingerprint density at radius 1 is 1.73 bits per heavy atom. The van der Waals surface area contributed by atoms with Gasteiger partial charge in [0.25, 0.3) is 0 Å². The highest BCUT2D eigenvalue weighted by Crippen LogP contribution is 1.94. The van der Waals surface area contributed by atoms with E-state index in [4.69, 9.17) is 10.7 Å². The summed E-state index contributed by atoms with van der Waals surface area (Å²) in [4.78, 5) is 0. The molecule has 0 amide bonds. The summed E-state index contributed by atoms with van der Waals surface area (Å²) in [6.45, 7) is 0. The van der Waals surface area contributed by atoms with Crippen molar-refractivity contribution in [2.24, 2.45) is 7.05 Å². The number of nitriles is 1. The first kappa shape index (κ1) is 7.26. The second-order valence-electron chi connectivity index (χ2n) is 2.06. The molecule has 0 fully saturated rings. The topological polar surface area (TPSA) is 54.9 Å². The average molecular weight is 146 g/mol. The molecule has 0 bridgehead atoms. The molecule has 1 aromatic rings. The summed E-state index contributed by atoms with van der Waals surface area (Å²) in [6.07, 6.45) is 5.07. The average Bonchev–Trinajstić information content (AvgIpc) is 2.39. The molecular formula is C7H6N4. The van der Waals surface area contributed by atoms with Gasteiger partial charge < -0.3 is 5.41 Å². The van der Waals surface area contributed by atoms with E-state index >= 15 is 0 Å². The van der Waals surface area contributed by atoms with E-state index in [1.54, 1.807) is 35.2 Å². The van der Waals surface area contributed by atoms with Gasteiger partial charge in [-0.2, -0.15) is 9.83 Å². The lowest BCUT2D eigenvalue weighted by atomic mass is 10.5. The molecule has 0 aromatic carbocycles. The third-order valence-corrected chi connectivity index (χ3v) is 1.24. The molecule has 4 nitrogen and oxygen atoms in total. The smallest absolute Gasteiger partial charge is 0.249 e. The van der Waals surface area contributed by atoms with Crippen LogP contribution in [-0.4, -0.2) is 10.4 Å². The molecule has 0 spiro atoms. The van der Waals surface area contributed by atoms with Crippen molar-refractivity contribution >= 4 is 11.6 Å². The van der Waals surface area contributed by atoms with Crippen molar-refractivity contribution in [2.75, 3.05) is 0 Å². The molecular weight excluding hydrogens is 140 g/mol. The van der Waals surface area contributed by atoms with Gasteiger partial charge in [0.1, 0.15) is 12.4 Å². The quantitative estimate of drug-likeness (QED) is 0.310. The minimum atomic E-state index is 0.0746. The van der Waals surface area contributed by atoms with Gasteiger partial charge in [0.15, 0.2) is 6.07 Å². The normalized spacial score (nSPS) is 8.36. The van der Waals surface area contributed by atoms with E-state index in [1.165, 1.54) is 4.57 Å². The van der Waals surface area contributed by atoms with E-state index < -0.39 is 0 Å². The SMILES string of the molecule is C[n+]1ccn(C(=C=[N-])C#N)c1. The van der Waals surface area contributed by atoms with Crippen molar-refractivity contribution in [2.45, 2.75) is 0 Å². The van der Waals surface area contributed by atoms with Gasteiger partial charge in [-0.05, 0) is 0 Å². The predicted molar refractivity (Wildman–Crippen MR) is 39.3 cm³/mol. The van der Waals surface area contributed by atoms with Crippen molar-refractivity contribution in [3.05, 3.63) is 24.1 Å². The van der Waals surface area contributed by atoms with Crippen LogP contribution in [0.5, 0.6) is 0 Å². The van der Waals surface area contributed by atoms with Crippen LogP contribution in [-0.2, 0) is 7.05 Å². The van der Waals surface area contributed by atoms with Crippen LogP contribution in [0.25, 0.3) is 11.1 Å². The Labute approximate surface area is 64.1 Å². The first-order valence-electron chi connectivity index (χ1n) is 2.98. The summed E-state index contributed by atoms with van der Waals surface area (Å²) in [5, 5.41) is 16.9. The summed E-state index contributed by atoms with van der Waals surface area (Å²) < 4.78 is 3.23. The van der Waals surface area contributed by atoms with Crippen molar-refractivity contribution in [1.29, 1.82) is 5.26 Å². The molecule has 4 heteroatoms. The van der Waals surface area contributed by atoms with Crippen molar-refractivity contribution in [1.82, 2.24) is 4.57 Å². The number of imidazole rings is 1. The maximum atomic E-state index is 8.45. The summed E-state index contributed by atoms with van der Waals surface area (Å²) in [5.74, 6) is 1.79. The third-order valence-electron chi connectivity index (χ3n) is 1.24. The zero-order chi connectivity index (χ0) is 8.27. The summed E-state index contributed by atoms with van der Waals surface area (Å²) in [6, 6.07) is 1.79. The first-order valence-corrected chi connectivity index (χ1v) is 2.98. The molecule has 1 rings (SSSR count). The van der Waals surface area contributed by atoms with E-state index in [2.05, 4.69) is 0 Å². The number of nitrogens with zero attached hydrogens (tertiary/aromatic N) is 4. The molecule has 0 saturated heterocycles. The van der Waals surface area contributed by atoms with Crippen LogP contribution in [0.4, 0.5) is 0 Å². The number of hydrogen-bond acceptors (Lipinski definition) is 1. The summed E-state index contributed by atoms with van der Waals surface area (Å²) >= 11 is 0. The zero-order valence-electron chi connectivity index (χ0n) is 6.02. The second-order valence-corrected chi connectivity index (χ2v) is 2.06. The lowest BCUT2D eigenvalue weighted by Crippen LogP contribution is -2.23. The van der Waals surface area contributed by atoms with Crippen LogP contribution in [0.15, 0.2) is 18.7 Å². The van der Waals surface area contributed by atoms with Crippen molar-refractivity contribution in [3.63, 3.8) is 0 Å². The Morgan fingerprint density at radius 2 is 2.45 bits per heavy atom. The van der Waals surface area contributed by atoms with Crippen LogP contribution in [0.3, 0.4) is 0 Å². The van der Waals surface area contributed by atoms with Crippen LogP contribution in [0.1, 0.15) is 0 Å². The van der Waals surface area contributed by atoms with Crippen molar-refractivity contribution in [3.8, 4) is 6.07 Å². The Bertz CT molecular complexity index is 349. The van der Waals surface area contributed by atoms with Gasteiger partial charge in [-0.3, -0.25) is 0 Å². The van der Waals surface area contributed by atoms with E-state index in [9.17, 15) is 0 Å². The van der Waals surface area contributed by atoms with Gasteiger partial charge in [-0.15, -0.1) is 0 Å². The largest absolute Gasteiger partial charge is 0.759 e. The minimum absolute atomic E-state index is 0.0746. The molecule has 0 N–H and O–H groups in total. The van der Waals surface area contributed by atoms with Gasteiger partial charge in [0.2, 0.25) is 12.0 Å². The Hall–Kier alpha value is -1.85. The van der Waals surface area contributed by atoms with E-state index in [0.717, 1.165) is 0 Å². The number of hydrogen-bond donors (Lipinski definition) is 0. The molecule has 1 aromatic heterocycles. The fraction of sp³-hybridized carbons (Fsp3) is 0.143. The Morgan fingerprint density at radius 3 is 2.82 bits per heavy atom. The molecule has 0 radical (unpaired) electrons. The molecule has 0 atom stereocenters. The molecule has 11 heavy (non-hydrogen) atoms. The minimum Gasteiger partial charge on any atom is -0.759 e. The van der Waals surface area contributed by atoms with Crippen LogP contribution >= 0.6 is 0 Å². The summed E-state index contributed by atoms with van der Waals surface area (Å²) in [7, 11) is 1.82. The molecule has 0 aliphatic heterocycles. The molecule has 0 aliphatic carbocycles. The van der Waals surface area contributed by atoms with Crippen LogP contribution in [0, 0.1) is 11.3 Å². The van der Waals surface area contributed by atoms with Crippen LogP contribution in [0.2, 0.25) is 0 Å². The first-order chi connectivity index (χ1) is 5.27. The number of aryl methyl sites for hydroxylation is 1. The lowest BCUT2D eigenvalue weighted by molar-refractivity contribution is -0.670. The van der Waals surface area contributed by atoms with E-state index in [0.29, 0.717) is 0 Å². The van der Waals surface area contributed by atoms with Crippen molar-refractivity contribution < 1.29 is 4.57 Å². The maximum absolute atomic E-state index is 8.45. The van der Waals surface area contributed by atoms with Gasteiger partial charge >= 0.3 is 0 Å². The second kappa shape index (κ2) is 2.82. The fourth-order valence-electron chi connectivity index (χ4n) is 0.723. The number of rotatable bonds is 1. The molecule has 1 heterocycles. The lowest BCUT2D eigenvalue weighted by Gasteiger charge is -1.86. The highest BCUT2D eigenvalue weighted by molar-refractivity contribution is 5.89. The molecule has 0 unspecified atom stereocenters. The van der Waals surface area contributed by atoms with Crippen LogP contribution < -0.4 is 4.57 Å².